The molecule has 3 nitrogen and oxygen atoms in total. The first kappa shape index (κ1) is 14.0. The Morgan fingerprint density at radius 1 is 1.19 bits per heavy atom. The molecule has 2 aromatic rings. The maximum atomic E-state index is 6.02. The lowest BCUT2D eigenvalue weighted by atomic mass is 10.1. The molecule has 1 atom stereocenters. The summed E-state index contributed by atoms with van der Waals surface area (Å²) in [5.41, 5.74) is 10.4. The van der Waals surface area contributed by atoms with Gasteiger partial charge < -0.3 is 15.2 Å². The van der Waals surface area contributed by atoms with E-state index in [0.29, 0.717) is 13.2 Å². The maximum Gasteiger partial charge on any atom is 0.137 e. The number of aryl methyl sites for hydroxylation is 2. The van der Waals surface area contributed by atoms with Gasteiger partial charge in [-0.3, -0.25) is 0 Å². The molecule has 0 saturated carbocycles. The minimum Gasteiger partial charge on any atom is -0.489 e. The summed E-state index contributed by atoms with van der Waals surface area (Å²) in [7, 11) is 0. The molecule has 21 heavy (non-hydrogen) atoms. The van der Waals surface area contributed by atoms with Gasteiger partial charge in [-0.15, -0.1) is 0 Å². The van der Waals surface area contributed by atoms with Gasteiger partial charge in [0.25, 0.3) is 0 Å². The van der Waals surface area contributed by atoms with E-state index in [-0.39, 0.29) is 6.10 Å². The van der Waals surface area contributed by atoms with Crippen LogP contribution in [0.3, 0.4) is 0 Å². The van der Waals surface area contributed by atoms with Crippen LogP contribution in [-0.2, 0) is 13.0 Å². The first-order valence-corrected chi connectivity index (χ1v) is 7.35. The van der Waals surface area contributed by atoms with Crippen molar-refractivity contribution in [2.45, 2.75) is 32.9 Å². The van der Waals surface area contributed by atoms with Crippen molar-refractivity contribution in [1.82, 2.24) is 0 Å². The number of hydrogen-bond acceptors (Lipinski definition) is 3. The molecule has 0 aliphatic carbocycles. The Bertz CT molecular complexity index is 603. The summed E-state index contributed by atoms with van der Waals surface area (Å²) in [6.07, 6.45) is 1.00. The van der Waals surface area contributed by atoms with Gasteiger partial charge in [0.05, 0.1) is 0 Å². The molecule has 110 valence electrons. The van der Waals surface area contributed by atoms with Gasteiger partial charge in [0.2, 0.25) is 0 Å². The second-order valence-electron chi connectivity index (χ2n) is 5.63. The molecular weight excluding hydrogens is 262 g/mol. The first-order chi connectivity index (χ1) is 10.2. The third-order valence-corrected chi connectivity index (χ3v) is 3.88. The van der Waals surface area contributed by atoms with E-state index in [1.54, 1.807) is 0 Å². The third kappa shape index (κ3) is 2.88. The molecule has 3 heteroatoms. The standard InChI is InChI=1S/C18H21NO2/c1-12-7-14(10-19)8-13(2)18(12)20-11-16-9-15-5-3-4-6-17(15)21-16/h3-8,16H,9-11,19H2,1-2H3. The Morgan fingerprint density at radius 3 is 2.57 bits per heavy atom. The molecule has 0 aromatic heterocycles. The Kier molecular flexibility index (Phi) is 3.84. The molecule has 0 fully saturated rings. The van der Waals surface area contributed by atoms with E-state index < -0.39 is 0 Å². The molecule has 1 aliphatic rings. The molecule has 0 bridgehead atoms. The fourth-order valence-corrected chi connectivity index (χ4v) is 2.91. The van der Waals surface area contributed by atoms with Gasteiger partial charge in [0.1, 0.15) is 24.2 Å². The molecule has 2 N–H and O–H groups in total. The Morgan fingerprint density at radius 2 is 1.90 bits per heavy atom. The highest BCUT2D eigenvalue weighted by atomic mass is 16.5. The maximum absolute atomic E-state index is 6.02. The highest BCUT2D eigenvalue weighted by Gasteiger charge is 2.23. The van der Waals surface area contributed by atoms with Crippen LogP contribution in [0.1, 0.15) is 22.3 Å². The smallest absolute Gasteiger partial charge is 0.137 e. The third-order valence-electron chi connectivity index (χ3n) is 3.88. The average molecular weight is 283 g/mol. The van der Waals surface area contributed by atoms with E-state index in [9.17, 15) is 0 Å². The average Bonchev–Trinajstić information content (AvgIpc) is 2.88. The minimum atomic E-state index is 0.0929. The summed E-state index contributed by atoms with van der Waals surface area (Å²) in [6, 6.07) is 12.4. The number of fused-ring (bicyclic) bond motifs is 1. The Hall–Kier alpha value is -2.00. The number of rotatable bonds is 4. The molecule has 0 amide bonds. The van der Waals surface area contributed by atoms with Crippen molar-refractivity contribution >= 4 is 0 Å². The van der Waals surface area contributed by atoms with Crippen LogP contribution in [-0.4, -0.2) is 12.7 Å². The molecule has 2 aromatic carbocycles. The highest BCUT2D eigenvalue weighted by Crippen LogP contribution is 2.30. The van der Waals surface area contributed by atoms with E-state index in [0.717, 1.165) is 34.6 Å². The zero-order valence-electron chi connectivity index (χ0n) is 12.6. The van der Waals surface area contributed by atoms with Gasteiger partial charge in [-0.05, 0) is 42.2 Å². The summed E-state index contributed by atoms with van der Waals surface area (Å²) in [6.45, 7) is 5.25. The van der Waals surface area contributed by atoms with Crippen molar-refractivity contribution in [3.05, 3.63) is 58.7 Å². The number of ether oxygens (including phenoxy) is 2. The predicted octanol–water partition coefficient (Wildman–Crippen LogP) is 3.14. The van der Waals surface area contributed by atoms with Crippen LogP contribution >= 0.6 is 0 Å². The van der Waals surface area contributed by atoms with Crippen LogP contribution in [0.25, 0.3) is 0 Å². The van der Waals surface area contributed by atoms with Crippen LogP contribution in [0.15, 0.2) is 36.4 Å². The Labute approximate surface area is 125 Å². The van der Waals surface area contributed by atoms with Gasteiger partial charge in [-0.1, -0.05) is 30.3 Å². The largest absolute Gasteiger partial charge is 0.489 e. The van der Waals surface area contributed by atoms with Gasteiger partial charge in [0.15, 0.2) is 0 Å². The number of benzene rings is 2. The van der Waals surface area contributed by atoms with Gasteiger partial charge >= 0.3 is 0 Å². The molecular formula is C18H21NO2. The lowest BCUT2D eigenvalue weighted by Gasteiger charge is -2.16. The highest BCUT2D eigenvalue weighted by molar-refractivity contribution is 5.43. The fourth-order valence-electron chi connectivity index (χ4n) is 2.91. The predicted molar refractivity (Wildman–Crippen MR) is 83.9 cm³/mol. The Balaban J connectivity index is 1.67. The van der Waals surface area contributed by atoms with E-state index in [4.69, 9.17) is 15.2 Å². The van der Waals surface area contributed by atoms with Gasteiger partial charge in [-0.2, -0.15) is 0 Å². The second-order valence-corrected chi connectivity index (χ2v) is 5.63. The van der Waals surface area contributed by atoms with Crippen molar-refractivity contribution in [2.24, 2.45) is 5.73 Å². The van der Waals surface area contributed by atoms with Crippen LogP contribution in [0.2, 0.25) is 0 Å². The van der Waals surface area contributed by atoms with Crippen LogP contribution < -0.4 is 15.2 Å². The van der Waals surface area contributed by atoms with Crippen LogP contribution in [0.5, 0.6) is 11.5 Å². The van der Waals surface area contributed by atoms with Gasteiger partial charge in [0, 0.05) is 13.0 Å². The quantitative estimate of drug-likeness (QED) is 0.937. The summed E-state index contributed by atoms with van der Waals surface area (Å²) >= 11 is 0. The molecule has 0 saturated heterocycles. The van der Waals surface area contributed by atoms with Gasteiger partial charge in [-0.25, -0.2) is 0 Å². The van der Waals surface area contributed by atoms with E-state index in [1.807, 2.05) is 18.2 Å². The first-order valence-electron chi connectivity index (χ1n) is 7.35. The molecule has 0 spiro atoms. The number of para-hydroxylation sites is 1. The van der Waals surface area contributed by atoms with E-state index >= 15 is 0 Å². The zero-order chi connectivity index (χ0) is 14.8. The van der Waals surface area contributed by atoms with E-state index in [1.165, 1.54) is 5.56 Å². The van der Waals surface area contributed by atoms with Crippen molar-refractivity contribution in [3.8, 4) is 11.5 Å². The molecule has 1 unspecified atom stereocenters. The second kappa shape index (κ2) is 5.78. The van der Waals surface area contributed by atoms with E-state index in [2.05, 4.69) is 32.0 Å². The fraction of sp³-hybridized carbons (Fsp3) is 0.333. The topological polar surface area (TPSA) is 44.5 Å². The molecule has 1 aliphatic heterocycles. The molecule has 1 heterocycles. The van der Waals surface area contributed by atoms with Crippen molar-refractivity contribution in [1.29, 1.82) is 0 Å². The molecule has 3 rings (SSSR count). The van der Waals surface area contributed by atoms with Crippen molar-refractivity contribution in [3.63, 3.8) is 0 Å². The van der Waals surface area contributed by atoms with Crippen molar-refractivity contribution < 1.29 is 9.47 Å². The summed E-state index contributed by atoms with van der Waals surface area (Å²) < 4.78 is 11.9. The lowest BCUT2D eigenvalue weighted by Crippen LogP contribution is -2.23. The lowest BCUT2D eigenvalue weighted by molar-refractivity contribution is 0.147. The zero-order valence-corrected chi connectivity index (χ0v) is 12.6. The monoisotopic (exact) mass is 283 g/mol. The number of hydrogen-bond donors (Lipinski definition) is 1. The normalized spacial score (nSPS) is 16.4. The van der Waals surface area contributed by atoms with Crippen LogP contribution in [0, 0.1) is 13.8 Å². The summed E-state index contributed by atoms with van der Waals surface area (Å²) in [5.74, 6) is 1.93. The summed E-state index contributed by atoms with van der Waals surface area (Å²) in [4.78, 5) is 0. The van der Waals surface area contributed by atoms with Crippen LogP contribution in [0.4, 0.5) is 0 Å². The van der Waals surface area contributed by atoms with Crippen molar-refractivity contribution in [2.75, 3.05) is 6.61 Å². The SMILES string of the molecule is Cc1cc(CN)cc(C)c1OCC1Cc2ccccc2O1. The minimum absolute atomic E-state index is 0.0929. The number of nitrogens with two attached hydrogens (primary N) is 1. The molecule has 0 radical (unpaired) electrons. The summed E-state index contributed by atoms with van der Waals surface area (Å²) in [5, 5.41) is 0.